The van der Waals surface area contributed by atoms with Gasteiger partial charge in [0, 0.05) is 17.3 Å². The third kappa shape index (κ3) is 2.49. The summed E-state index contributed by atoms with van der Waals surface area (Å²) in [6.45, 7) is 0. The van der Waals surface area contributed by atoms with Crippen molar-refractivity contribution < 1.29 is 0 Å². The third-order valence-electron chi connectivity index (χ3n) is 3.27. The number of imidazole rings is 1. The number of halogens is 2. The van der Waals surface area contributed by atoms with Gasteiger partial charge in [0.05, 0.1) is 22.3 Å². The van der Waals surface area contributed by atoms with Gasteiger partial charge in [0.1, 0.15) is 11.9 Å². The smallest absolute Gasteiger partial charge is 0.115 e. The van der Waals surface area contributed by atoms with Gasteiger partial charge in [-0.2, -0.15) is 5.26 Å². The van der Waals surface area contributed by atoms with Crippen LogP contribution in [0.3, 0.4) is 0 Å². The molecule has 0 fully saturated rings. The van der Waals surface area contributed by atoms with Crippen molar-refractivity contribution >= 4 is 34.2 Å². The number of rotatable bonds is 3. The Morgan fingerprint density at radius 1 is 1.19 bits per heavy atom. The SMILES string of the molecule is N#Cc1ccccc1-n1c(CCCl)nc2cc(Cl)ccc21. The van der Waals surface area contributed by atoms with E-state index in [0.717, 1.165) is 22.5 Å². The summed E-state index contributed by atoms with van der Waals surface area (Å²) < 4.78 is 1.98. The van der Waals surface area contributed by atoms with Crippen molar-refractivity contribution in [2.24, 2.45) is 0 Å². The lowest BCUT2D eigenvalue weighted by atomic mass is 10.2. The molecule has 0 spiro atoms. The maximum atomic E-state index is 9.32. The molecule has 2 aromatic carbocycles. The summed E-state index contributed by atoms with van der Waals surface area (Å²) in [5.41, 5.74) is 3.13. The van der Waals surface area contributed by atoms with E-state index in [0.29, 0.717) is 22.9 Å². The fourth-order valence-corrected chi connectivity index (χ4v) is 2.72. The molecule has 0 unspecified atom stereocenters. The molecule has 0 saturated carbocycles. The number of para-hydroxylation sites is 1. The van der Waals surface area contributed by atoms with E-state index in [4.69, 9.17) is 23.2 Å². The molecule has 104 valence electrons. The van der Waals surface area contributed by atoms with Crippen molar-refractivity contribution in [3.05, 3.63) is 58.9 Å². The van der Waals surface area contributed by atoms with Gasteiger partial charge >= 0.3 is 0 Å². The van der Waals surface area contributed by atoms with Crippen LogP contribution in [-0.4, -0.2) is 15.4 Å². The Balaban J connectivity index is 2.34. The molecule has 0 N–H and O–H groups in total. The molecule has 3 aromatic rings. The fourth-order valence-electron chi connectivity index (χ4n) is 2.39. The normalized spacial score (nSPS) is 10.7. The van der Waals surface area contributed by atoms with E-state index >= 15 is 0 Å². The minimum Gasteiger partial charge on any atom is -0.295 e. The van der Waals surface area contributed by atoms with Crippen LogP contribution in [0.2, 0.25) is 5.02 Å². The summed E-state index contributed by atoms with van der Waals surface area (Å²) >= 11 is 11.9. The standard InChI is InChI=1S/C16H11Cl2N3/c17-8-7-16-20-13-9-12(18)5-6-15(13)21(16)14-4-2-1-3-11(14)10-19/h1-6,9H,7-8H2. The minimum absolute atomic E-state index is 0.464. The zero-order valence-electron chi connectivity index (χ0n) is 11.1. The zero-order valence-corrected chi connectivity index (χ0v) is 12.6. The van der Waals surface area contributed by atoms with Crippen LogP contribution in [0.1, 0.15) is 11.4 Å². The molecule has 0 aliphatic heterocycles. The number of alkyl halides is 1. The van der Waals surface area contributed by atoms with Crippen LogP contribution in [0.25, 0.3) is 16.7 Å². The zero-order chi connectivity index (χ0) is 14.8. The Labute approximate surface area is 132 Å². The van der Waals surface area contributed by atoms with Gasteiger partial charge in [0.15, 0.2) is 0 Å². The molecule has 0 atom stereocenters. The summed E-state index contributed by atoms with van der Waals surface area (Å²) in [6.07, 6.45) is 0.619. The van der Waals surface area contributed by atoms with Crippen LogP contribution >= 0.6 is 23.2 Å². The van der Waals surface area contributed by atoms with E-state index in [1.807, 2.05) is 41.0 Å². The van der Waals surface area contributed by atoms with Gasteiger partial charge in [0.25, 0.3) is 0 Å². The van der Waals surface area contributed by atoms with Crippen molar-refractivity contribution in [3.8, 4) is 11.8 Å². The van der Waals surface area contributed by atoms with Gasteiger partial charge in [-0.05, 0) is 30.3 Å². The van der Waals surface area contributed by atoms with E-state index in [1.165, 1.54) is 0 Å². The average Bonchev–Trinajstić information content (AvgIpc) is 2.84. The summed E-state index contributed by atoms with van der Waals surface area (Å²) in [6, 6.07) is 15.2. The van der Waals surface area contributed by atoms with Gasteiger partial charge in [0.2, 0.25) is 0 Å². The molecular formula is C16H11Cl2N3. The number of nitrogens with zero attached hydrogens (tertiary/aromatic N) is 3. The van der Waals surface area contributed by atoms with E-state index < -0.39 is 0 Å². The van der Waals surface area contributed by atoms with Crippen molar-refractivity contribution in [2.75, 3.05) is 5.88 Å². The molecule has 0 amide bonds. The molecule has 0 aliphatic carbocycles. The highest BCUT2D eigenvalue weighted by molar-refractivity contribution is 6.31. The largest absolute Gasteiger partial charge is 0.295 e. The predicted molar refractivity (Wildman–Crippen MR) is 85.2 cm³/mol. The van der Waals surface area contributed by atoms with E-state index in [9.17, 15) is 5.26 Å². The van der Waals surface area contributed by atoms with E-state index in [-0.39, 0.29) is 0 Å². The molecule has 1 aromatic heterocycles. The Morgan fingerprint density at radius 3 is 2.76 bits per heavy atom. The average molecular weight is 316 g/mol. The lowest BCUT2D eigenvalue weighted by Gasteiger charge is -2.10. The second-order valence-corrected chi connectivity index (χ2v) is 5.38. The lowest BCUT2D eigenvalue weighted by molar-refractivity contribution is 0.910. The number of aryl methyl sites for hydroxylation is 1. The molecule has 3 rings (SSSR count). The quantitative estimate of drug-likeness (QED) is 0.675. The van der Waals surface area contributed by atoms with E-state index in [1.54, 1.807) is 6.07 Å². The number of hydrogen-bond acceptors (Lipinski definition) is 2. The van der Waals surface area contributed by atoms with Crippen molar-refractivity contribution in [3.63, 3.8) is 0 Å². The maximum absolute atomic E-state index is 9.32. The molecule has 0 bridgehead atoms. The first-order valence-electron chi connectivity index (χ1n) is 6.47. The van der Waals surface area contributed by atoms with Gasteiger partial charge < -0.3 is 0 Å². The first-order valence-corrected chi connectivity index (χ1v) is 7.38. The van der Waals surface area contributed by atoms with Crippen LogP contribution in [0, 0.1) is 11.3 Å². The summed E-state index contributed by atoms with van der Waals surface area (Å²) in [4.78, 5) is 4.60. The molecule has 1 heterocycles. The van der Waals surface area contributed by atoms with Gasteiger partial charge in [-0.1, -0.05) is 23.7 Å². The summed E-state index contributed by atoms with van der Waals surface area (Å²) in [7, 11) is 0. The summed E-state index contributed by atoms with van der Waals surface area (Å²) in [5.74, 6) is 1.29. The van der Waals surface area contributed by atoms with Crippen LogP contribution in [0.15, 0.2) is 42.5 Å². The summed E-state index contributed by atoms with van der Waals surface area (Å²) in [5, 5.41) is 9.96. The molecule has 0 radical (unpaired) electrons. The van der Waals surface area contributed by atoms with Gasteiger partial charge in [-0.3, -0.25) is 4.57 Å². The molecule has 5 heteroatoms. The predicted octanol–water partition coefficient (Wildman–Crippen LogP) is 4.33. The second-order valence-electron chi connectivity index (χ2n) is 4.56. The number of hydrogen-bond donors (Lipinski definition) is 0. The first-order chi connectivity index (χ1) is 10.2. The third-order valence-corrected chi connectivity index (χ3v) is 3.69. The molecule has 3 nitrogen and oxygen atoms in total. The monoisotopic (exact) mass is 315 g/mol. The van der Waals surface area contributed by atoms with Crippen molar-refractivity contribution in [2.45, 2.75) is 6.42 Å². The van der Waals surface area contributed by atoms with Crippen molar-refractivity contribution in [1.82, 2.24) is 9.55 Å². The lowest BCUT2D eigenvalue weighted by Crippen LogP contribution is -2.04. The Hall–Kier alpha value is -2.02. The number of nitriles is 1. The van der Waals surface area contributed by atoms with Crippen LogP contribution in [-0.2, 0) is 6.42 Å². The highest BCUT2D eigenvalue weighted by atomic mass is 35.5. The Morgan fingerprint density at radius 2 is 2.00 bits per heavy atom. The Bertz CT molecular complexity index is 846. The first kappa shape index (κ1) is 13.9. The Kier molecular flexibility index (Phi) is 3.83. The molecule has 0 aliphatic rings. The highest BCUT2D eigenvalue weighted by Gasteiger charge is 2.14. The van der Waals surface area contributed by atoms with Crippen LogP contribution in [0.5, 0.6) is 0 Å². The number of aromatic nitrogens is 2. The van der Waals surface area contributed by atoms with Crippen molar-refractivity contribution in [1.29, 1.82) is 5.26 Å². The number of fused-ring (bicyclic) bond motifs is 1. The maximum Gasteiger partial charge on any atom is 0.115 e. The fraction of sp³-hybridized carbons (Fsp3) is 0.125. The second kappa shape index (κ2) is 5.77. The minimum atomic E-state index is 0.464. The van der Waals surface area contributed by atoms with E-state index in [2.05, 4.69) is 11.1 Å². The topological polar surface area (TPSA) is 41.6 Å². The molecule has 21 heavy (non-hydrogen) atoms. The molecular weight excluding hydrogens is 305 g/mol. The number of benzene rings is 2. The molecule has 0 saturated heterocycles. The van der Waals surface area contributed by atoms with Gasteiger partial charge in [-0.15, -0.1) is 11.6 Å². The van der Waals surface area contributed by atoms with Crippen LogP contribution < -0.4 is 0 Å². The highest BCUT2D eigenvalue weighted by Crippen LogP contribution is 2.26. The van der Waals surface area contributed by atoms with Crippen LogP contribution in [0.4, 0.5) is 0 Å². The van der Waals surface area contributed by atoms with Gasteiger partial charge in [-0.25, -0.2) is 4.98 Å².